The fourth-order valence-corrected chi connectivity index (χ4v) is 7.76. The van der Waals surface area contributed by atoms with Crippen molar-refractivity contribution >= 4 is 17.9 Å². The lowest BCUT2D eigenvalue weighted by atomic mass is 10.1. The second-order valence-corrected chi connectivity index (χ2v) is 18.5. The quantitative estimate of drug-likeness (QED) is 0.0199. The number of allylic oxidation sites excluding steroid dienone is 12. The molecule has 0 radical (unpaired) electrons. The summed E-state index contributed by atoms with van der Waals surface area (Å²) in [4.78, 5) is 38.1. The van der Waals surface area contributed by atoms with E-state index in [0.717, 1.165) is 109 Å². The number of esters is 3. The van der Waals surface area contributed by atoms with Gasteiger partial charge in [-0.15, -0.1) is 0 Å². The molecule has 6 heteroatoms. The van der Waals surface area contributed by atoms with Crippen LogP contribution in [0.25, 0.3) is 0 Å². The number of ether oxygens (including phenoxy) is 3. The van der Waals surface area contributed by atoms with E-state index < -0.39 is 6.10 Å². The van der Waals surface area contributed by atoms with Crippen molar-refractivity contribution in [3.05, 3.63) is 72.9 Å². The Labute approximate surface area is 408 Å². The van der Waals surface area contributed by atoms with Crippen LogP contribution in [0.1, 0.15) is 271 Å². The Balaban J connectivity index is 4.45. The summed E-state index contributed by atoms with van der Waals surface area (Å²) >= 11 is 0. The molecule has 0 saturated heterocycles. The molecule has 0 aliphatic carbocycles. The number of carbonyl (C=O) groups is 3. The van der Waals surface area contributed by atoms with Crippen molar-refractivity contribution in [3.63, 3.8) is 0 Å². The van der Waals surface area contributed by atoms with Crippen molar-refractivity contribution in [2.45, 2.75) is 277 Å². The first-order valence-electron chi connectivity index (χ1n) is 28.0. The molecule has 0 aromatic heterocycles. The van der Waals surface area contributed by atoms with Crippen LogP contribution in [0.5, 0.6) is 0 Å². The van der Waals surface area contributed by atoms with E-state index in [0.29, 0.717) is 19.3 Å². The van der Waals surface area contributed by atoms with Gasteiger partial charge >= 0.3 is 17.9 Å². The van der Waals surface area contributed by atoms with Gasteiger partial charge in [0, 0.05) is 19.3 Å². The third kappa shape index (κ3) is 51.8. The highest BCUT2D eigenvalue weighted by Crippen LogP contribution is 2.14. The van der Waals surface area contributed by atoms with Crippen molar-refractivity contribution in [2.75, 3.05) is 13.2 Å². The van der Waals surface area contributed by atoms with Crippen molar-refractivity contribution < 1.29 is 28.6 Å². The van der Waals surface area contributed by atoms with Gasteiger partial charge in [-0.05, 0) is 96.3 Å². The zero-order valence-corrected chi connectivity index (χ0v) is 43.4. The van der Waals surface area contributed by atoms with Crippen LogP contribution in [0.4, 0.5) is 0 Å². The predicted molar refractivity (Wildman–Crippen MR) is 284 cm³/mol. The van der Waals surface area contributed by atoms with Crippen LogP contribution in [0.3, 0.4) is 0 Å². The van der Waals surface area contributed by atoms with Crippen molar-refractivity contribution in [3.8, 4) is 0 Å². The molecule has 0 bridgehead atoms. The SMILES string of the molecule is CC/C=C\C/C=C\CCCCCCCCCC(=O)OCC(COC(=O)CCCCCCC/C=C\C=C/CCCCCCCCC)OC(=O)CCCCC/C=C\C=C/CCCCCCCCC. The van der Waals surface area contributed by atoms with Crippen LogP contribution in [0, 0.1) is 0 Å². The van der Waals surface area contributed by atoms with E-state index in [9.17, 15) is 14.4 Å². The molecule has 0 saturated carbocycles. The number of carbonyl (C=O) groups excluding carboxylic acids is 3. The van der Waals surface area contributed by atoms with Gasteiger partial charge in [-0.25, -0.2) is 0 Å². The summed E-state index contributed by atoms with van der Waals surface area (Å²) in [5.41, 5.74) is 0. The van der Waals surface area contributed by atoms with Gasteiger partial charge < -0.3 is 14.2 Å². The van der Waals surface area contributed by atoms with E-state index >= 15 is 0 Å². The molecule has 380 valence electrons. The molecule has 0 heterocycles. The van der Waals surface area contributed by atoms with Gasteiger partial charge in [-0.1, -0.05) is 229 Å². The Bertz CT molecular complexity index is 1240. The van der Waals surface area contributed by atoms with Gasteiger partial charge in [0.05, 0.1) is 0 Å². The minimum absolute atomic E-state index is 0.0953. The Morgan fingerprint density at radius 1 is 0.333 bits per heavy atom. The lowest BCUT2D eigenvalue weighted by Gasteiger charge is -2.18. The van der Waals surface area contributed by atoms with Gasteiger partial charge in [-0.3, -0.25) is 14.4 Å². The van der Waals surface area contributed by atoms with E-state index in [1.807, 2.05) is 0 Å². The Morgan fingerprint density at radius 3 is 1.02 bits per heavy atom. The summed E-state index contributed by atoms with van der Waals surface area (Å²) in [6, 6.07) is 0. The minimum Gasteiger partial charge on any atom is -0.462 e. The van der Waals surface area contributed by atoms with Gasteiger partial charge in [0.1, 0.15) is 13.2 Å². The maximum absolute atomic E-state index is 12.8. The van der Waals surface area contributed by atoms with E-state index in [-0.39, 0.29) is 31.1 Å². The molecule has 0 aliphatic heterocycles. The standard InChI is InChI=1S/C60H104O6/c1-4-7-10-13-16-19-22-25-28-30-31-33-35-38-41-44-47-50-53-59(62)65-56-57(55-64-58(61)52-49-46-43-40-37-34-27-24-21-18-15-12-9-6-3)66-60(63)54-51-48-45-42-39-36-32-29-26-23-20-17-14-11-8-5-2/h9,12,18,21,28-33,36,39,57H,4-8,10-11,13-17,19-20,22-27,34-35,37-38,40-56H2,1-3H3/b12-9-,21-18-,30-28-,32-29-,33-31-,39-36-. The van der Waals surface area contributed by atoms with Crippen LogP contribution in [-0.2, 0) is 28.6 Å². The molecule has 66 heavy (non-hydrogen) atoms. The largest absolute Gasteiger partial charge is 0.462 e. The second-order valence-electron chi connectivity index (χ2n) is 18.5. The summed E-state index contributed by atoms with van der Waals surface area (Å²) < 4.78 is 16.8. The molecule has 1 unspecified atom stereocenters. The smallest absolute Gasteiger partial charge is 0.306 e. The molecule has 0 spiro atoms. The molecule has 0 rings (SSSR count). The van der Waals surface area contributed by atoms with Gasteiger partial charge in [0.25, 0.3) is 0 Å². The summed E-state index contributed by atoms with van der Waals surface area (Å²) in [6.07, 6.45) is 68.9. The second kappa shape index (κ2) is 54.5. The van der Waals surface area contributed by atoms with Gasteiger partial charge in [0.15, 0.2) is 6.10 Å². The van der Waals surface area contributed by atoms with Gasteiger partial charge in [0.2, 0.25) is 0 Å². The van der Waals surface area contributed by atoms with Crippen LogP contribution in [0.2, 0.25) is 0 Å². The van der Waals surface area contributed by atoms with Crippen LogP contribution in [0.15, 0.2) is 72.9 Å². The molecule has 0 fully saturated rings. The van der Waals surface area contributed by atoms with Crippen LogP contribution in [-0.4, -0.2) is 37.2 Å². The average Bonchev–Trinajstić information content (AvgIpc) is 3.31. The normalized spacial score (nSPS) is 12.6. The topological polar surface area (TPSA) is 78.9 Å². The summed E-state index contributed by atoms with van der Waals surface area (Å²) in [5.74, 6) is -0.939. The number of hydrogen-bond donors (Lipinski definition) is 0. The third-order valence-electron chi connectivity index (χ3n) is 12.0. The van der Waals surface area contributed by atoms with Crippen LogP contribution < -0.4 is 0 Å². The fourth-order valence-electron chi connectivity index (χ4n) is 7.76. The van der Waals surface area contributed by atoms with Crippen molar-refractivity contribution in [1.82, 2.24) is 0 Å². The first-order valence-corrected chi connectivity index (χ1v) is 28.0. The molecule has 0 N–H and O–H groups in total. The molecule has 0 aromatic rings. The summed E-state index contributed by atoms with van der Waals surface area (Å²) in [5, 5.41) is 0. The monoisotopic (exact) mass is 921 g/mol. The Kier molecular flexibility index (Phi) is 51.9. The van der Waals surface area contributed by atoms with E-state index in [2.05, 4.69) is 93.7 Å². The maximum atomic E-state index is 12.8. The average molecular weight is 921 g/mol. The van der Waals surface area contributed by atoms with Crippen LogP contribution >= 0.6 is 0 Å². The highest BCUT2D eigenvalue weighted by molar-refractivity contribution is 5.71. The molecule has 1 atom stereocenters. The molecule has 0 aromatic carbocycles. The summed E-state index contributed by atoms with van der Waals surface area (Å²) in [6.45, 7) is 6.49. The van der Waals surface area contributed by atoms with E-state index in [1.54, 1.807) is 0 Å². The first kappa shape index (κ1) is 62.8. The number of unbranched alkanes of at least 4 members (excludes halogenated alkanes) is 29. The van der Waals surface area contributed by atoms with Crippen molar-refractivity contribution in [2.24, 2.45) is 0 Å². The van der Waals surface area contributed by atoms with Crippen molar-refractivity contribution in [1.29, 1.82) is 0 Å². The zero-order chi connectivity index (χ0) is 47.9. The number of rotatable bonds is 50. The maximum Gasteiger partial charge on any atom is 0.306 e. The first-order chi connectivity index (χ1) is 32.5. The number of hydrogen-bond acceptors (Lipinski definition) is 6. The molecule has 0 aliphatic rings. The molecule has 6 nitrogen and oxygen atoms in total. The lowest BCUT2D eigenvalue weighted by molar-refractivity contribution is -0.167. The fraction of sp³-hybridized carbons (Fsp3) is 0.750. The Morgan fingerprint density at radius 2 is 0.636 bits per heavy atom. The third-order valence-corrected chi connectivity index (χ3v) is 12.0. The molecular weight excluding hydrogens is 817 g/mol. The highest BCUT2D eigenvalue weighted by atomic mass is 16.6. The van der Waals surface area contributed by atoms with Gasteiger partial charge in [-0.2, -0.15) is 0 Å². The minimum atomic E-state index is -0.799. The molecular formula is C60H104O6. The van der Waals surface area contributed by atoms with E-state index in [1.165, 1.54) is 122 Å². The Hall–Kier alpha value is -3.15. The predicted octanol–water partition coefficient (Wildman–Crippen LogP) is 18.6. The summed E-state index contributed by atoms with van der Waals surface area (Å²) in [7, 11) is 0. The zero-order valence-electron chi connectivity index (χ0n) is 43.4. The lowest BCUT2D eigenvalue weighted by Crippen LogP contribution is -2.30. The van der Waals surface area contributed by atoms with E-state index in [4.69, 9.17) is 14.2 Å². The highest BCUT2D eigenvalue weighted by Gasteiger charge is 2.19. The molecule has 0 amide bonds.